The van der Waals surface area contributed by atoms with Gasteiger partial charge in [-0.2, -0.15) is 31.4 Å². The number of piperidine rings is 1. The largest absolute Gasteiger partial charge is 0.469 e. The molecule has 0 aliphatic carbocycles. The molecule has 9 nitrogen and oxygen atoms in total. The van der Waals surface area contributed by atoms with Crippen LogP contribution in [0.4, 0.5) is 32.2 Å². The molecule has 0 aromatic carbocycles. The quantitative estimate of drug-likeness (QED) is 0.417. The van der Waals surface area contributed by atoms with E-state index in [2.05, 4.69) is 25.2 Å². The molecule has 1 amide bonds. The Labute approximate surface area is 194 Å². The minimum atomic E-state index is -5.12. The molecule has 4 rings (SSSR count). The molecule has 1 saturated heterocycles. The number of aliphatic imine (C=N–C) groups is 1. The summed E-state index contributed by atoms with van der Waals surface area (Å²) in [7, 11) is 0.989. The highest BCUT2D eigenvalue weighted by molar-refractivity contribution is 5.94. The van der Waals surface area contributed by atoms with Crippen molar-refractivity contribution in [2.45, 2.75) is 49.6 Å². The highest BCUT2D eigenvalue weighted by Crippen LogP contribution is 2.50. The maximum atomic E-state index is 13.7. The number of nitrogens with zero attached hydrogens (tertiary/aromatic N) is 3. The zero-order valence-electron chi connectivity index (χ0n) is 18.3. The molecule has 0 bridgehead atoms. The fraction of sp³-hybridized carbons (Fsp3) is 0.600. The fourth-order valence-electron chi connectivity index (χ4n) is 4.74. The number of methoxy groups -OCH3 is 1. The number of nitrogens with one attached hydrogen (secondary N) is 2. The zero-order valence-corrected chi connectivity index (χ0v) is 18.3. The van der Waals surface area contributed by atoms with E-state index in [1.807, 2.05) is 0 Å². The zero-order chi connectivity index (χ0) is 25.8. The second-order valence-corrected chi connectivity index (χ2v) is 8.61. The third-order valence-electron chi connectivity index (χ3n) is 6.55. The van der Waals surface area contributed by atoms with Crippen molar-refractivity contribution in [1.29, 1.82) is 0 Å². The molecule has 192 valence electrons. The number of ether oxygens (including phenoxy) is 1. The Hall–Kier alpha value is -3.10. The van der Waals surface area contributed by atoms with Crippen LogP contribution in [-0.4, -0.2) is 70.5 Å². The molecule has 4 heterocycles. The fourth-order valence-corrected chi connectivity index (χ4v) is 4.74. The number of aromatic nitrogens is 2. The summed E-state index contributed by atoms with van der Waals surface area (Å²) in [5.41, 5.74) is -5.00. The summed E-state index contributed by atoms with van der Waals surface area (Å²) in [6.07, 6.45) is -10.3. The highest BCUT2D eigenvalue weighted by Gasteiger charge is 2.61. The van der Waals surface area contributed by atoms with Gasteiger partial charge in [0.15, 0.2) is 11.4 Å². The van der Waals surface area contributed by atoms with Gasteiger partial charge in [-0.05, 0) is 12.8 Å². The lowest BCUT2D eigenvalue weighted by atomic mass is 9.81. The first-order chi connectivity index (χ1) is 16.3. The molecule has 2 atom stereocenters. The predicted octanol–water partition coefficient (Wildman–Crippen LogP) is 2.72. The van der Waals surface area contributed by atoms with Gasteiger partial charge in [0.1, 0.15) is 5.84 Å². The van der Waals surface area contributed by atoms with Crippen molar-refractivity contribution in [1.82, 2.24) is 15.1 Å². The number of rotatable bonds is 2. The predicted molar refractivity (Wildman–Crippen MR) is 107 cm³/mol. The molecule has 15 heteroatoms. The first-order valence-electron chi connectivity index (χ1n) is 10.6. The second kappa shape index (κ2) is 8.53. The number of H-pyrrole nitrogens is 1. The van der Waals surface area contributed by atoms with E-state index in [1.165, 1.54) is 0 Å². The van der Waals surface area contributed by atoms with Gasteiger partial charge in [-0.15, -0.1) is 0 Å². The normalized spacial score (nSPS) is 26.0. The molecule has 0 saturated carbocycles. The van der Waals surface area contributed by atoms with Crippen LogP contribution in [0.5, 0.6) is 0 Å². The standard InChI is InChI=1S/C20H21F6N5O4/c1-35-17(33)10-6-12(27-8-11(10)19(21,22)23)31-4-2-9(3-5-31)15-14-16(30-29-15)28-13(32)7-18(14,34)20(24,25)26/h8-10,34H,2-7H2,1H3,(H2,28,29,30,32). The van der Waals surface area contributed by atoms with E-state index in [-0.39, 0.29) is 49.7 Å². The summed E-state index contributed by atoms with van der Waals surface area (Å²) in [5, 5.41) is 19.0. The van der Waals surface area contributed by atoms with Crippen molar-refractivity contribution in [3.05, 3.63) is 23.0 Å². The number of halogens is 6. The van der Waals surface area contributed by atoms with Crippen LogP contribution in [0.1, 0.15) is 42.9 Å². The van der Waals surface area contributed by atoms with Gasteiger partial charge in [-0.3, -0.25) is 14.7 Å². The Morgan fingerprint density at radius 3 is 2.46 bits per heavy atom. The van der Waals surface area contributed by atoms with E-state index in [0.717, 1.165) is 7.11 Å². The molecule has 35 heavy (non-hydrogen) atoms. The van der Waals surface area contributed by atoms with Crippen LogP contribution >= 0.6 is 0 Å². The topological polar surface area (TPSA) is 120 Å². The smallest absolute Gasteiger partial charge is 0.422 e. The van der Waals surface area contributed by atoms with E-state index in [1.54, 1.807) is 4.90 Å². The molecule has 0 spiro atoms. The van der Waals surface area contributed by atoms with E-state index in [4.69, 9.17) is 0 Å². The van der Waals surface area contributed by atoms with Crippen LogP contribution < -0.4 is 5.32 Å². The molecule has 3 aliphatic rings. The summed E-state index contributed by atoms with van der Waals surface area (Å²) < 4.78 is 85.6. The molecular weight excluding hydrogens is 488 g/mol. The average Bonchev–Trinajstić information content (AvgIpc) is 3.21. The molecule has 3 aliphatic heterocycles. The van der Waals surface area contributed by atoms with Crippen LogP contribution in [0.2, 0.25) is 0 Å². The van der Waals surface area contributed by atoms with E-state index < -0.39 is 59.2 Å². The molecule has 1 aromatic rings. The molecule has 3 N–H and O–H groups in total. The molecular formula is C20H21F6N5O4. The van der Waals surface area contributed by atoms with Gasteiger partial charge >= 0.3 is 18.3 Å². The van der Waals surface area contributed by atoms with Crippen LogP contribution in [0.3, 0.4) is 0 Å². The van der Waals surface area contributed by atoms with E-state index in [0.29, 0.717) is 6.20 Å². The van der Waals surface area contributed by atoms with Crippen LogP contribution in [-0.2, 0) is 19.9 Å². The van der Waals surface area contributed by atoms with Crippen molar-refractivity contribution < 1.29 is 45.8 Å². The maximum absolute atomic E-state index is 13.7. The van der Waals surface area contributed by atoms with Crippen LogP contribution in [0.15, 0.2) is 16.8 Å². The lowest BCUT2D eigenvalue weighted by Gasteiger charge is -2.38. The number of aliphatic hydroxyl groups is 1. The maximum Gasteiger partial charge on any atom is 0.422 e. The monoisotopic (exact) mass is 509 g/mol. The third kappa shape index (κ3) is 4.36. The summed E-state index contributed by atoms with van der Waals surface area (Å²) >= 11 is 0. The number of amides is 1. The van der Waals surface area contributed by atoms with Gasteiger partial charge in [-0.25, -0.2) is 4.99 Å². The summed E-state index contributed by atoms with van der Waals surface area (Å²) in [5.74, 6) is -4.30. The summed E-state index contributed by atoms with van der Waals surface area (Å²) in [6, 6.07) is 0. The van der Waals surface area contributed by atoms with Gasteiger partial charge in [0.25, 0.3) is 0 Å². The number of likely N-dealkylation sites (tertiary alicyclic amines) is 1. The van der Waals surface area contributed by atoms with E-state index in [9.17, 15) is 41.0 Å². The number of carbonyl (C=O) groups excluding carboxylic acids is 2. The average molecular weight is 509 g/mol. The molecule has 1 aromatic heterocycles. The van der Waals surface area contributed by atoms with E-state index >= 15 is 0 Å². The number of carbonyl (C=O) groups is 2. The number of fused-ring (bicyclic) bond motifs is 1. The van der Waals surface area contributed by atoms with Crippen molar-refractivity contribution in [3.8, 4) is 0 Å². The Morgan fingerprint density at radius 2 is 1.89 bits per heavy atom. The van der Waals surface area contributed by atoms with Crippen molar-refractivity contribution in [3.63, 3.8) is 0 Å². The van der Waals surface area contributed by atoms with Gasteiger partial charge < -0.3 is 20.1 Å². The molecule has 0 radical (unpaired) electrons. The lowest BCUT2D eigenvalue weighted by molar-refractivity contribution is -0.267. The van der Waals surface area contributed by atoms with Crippen LogP contribution in [0, 0.1) is 5.92 Å². The SMILES string of the molecule is COC(=O)C1CC(N2CCC(c3[nH]nc4c3C(O)(C(F)(F)F)CC(=O)N4)CC2)=NC=C1C(F)(F)F. The second-order valence-electron chi connectivity index (χ2n) is 8.61. The summed E-state index contributed by atoms with van der Waals surface area (Å²) in [4.78, 5) is 29.2. The minimum absolute atomic E-state index is 0.0387. The number of anilines is 1. The number of esters is 1. The first kappa shape index (κ1) is 25.0. The number of aromatic amines is 1. The number of hydrogen-bond donors (Lipinski definition) is 3. The number of amidine groups is 1. The van der Waals surface area contributed by atoms with Gasteiger partial charge in [-0.1, -0.05) is 0 Å². The Morgan fingerprint density at radius 1 is 1.23 bits per heavy atom. The van der Waals surface area contributed by atoms with Crippen molar-refractivity contribution >= 4 is 23.5 Å². The Balaban J connectivity index is 1.54. The highest BCUT2D eigenvalue weighted by atomic mass is 19.4. The Kier molecular flexibility index (Phi) is 6.10. The van der Waals surface area contributed by atoms with Gasteiger partial charge in [0.05, 0.1) is 30.6 Å². The molecule has 1 fully saturated rings. The number of hydrogen-bond acceptors (Lipinski definition) is 7. The molecule has 2 unspecified atom stereocenters. The minimum Gasteiger partial charge on any atom is -0.469 e. The Bertz CT molecular complexity index is 1090. The lowest BCUT2D eigenvalue weighted by Crippen LogP contribution is -2.49. The van der Waals surface area contributed by atoms with Crippen molar-refractivity contribution in [2.75, 3.05) is 25.5 Å². The van der Waals surface area contributed by atoms with Gasteiger partial charge in [0, 0.05) is 37.3 Å². The summed E-state index contributed by atoms with van der Waals surface area (Å²) in [6.45, 7) is 0.439. The van der Waals surface area contributed by atoms with Crippen LogP contribution in [0.25, 0.3) is 0 Å². The first-order valence-corrected chi connectivity index (χ1v) is 10.6. The van der Waals surface area contributed by atoms with Crippen molar-refractivity contribution in [2.24, 2.45) is 10.9 Å². The number of alkyl halides is 6. The third-order valence-corrected chi connectivity index (χ3v) is 6.55. The van der Waals surface area contributed by atoms with Gasteiger partial charge in [0.2, 0.25) is 5.91 Å².